The number of nitrogens with one attached hydrogen (secondary N) is 2. The molecule has 0 unspecified atom stereocenters. The minimum Gasteiger partial charge on any atom is -0.385 e. The first kappa shape index (κ1) is 19.3. The molecule has 4 aromatic rings. The van der Waals surface area contributed by atoms with Gasteiger partial charge in [-0.05, 0) is 30.2 Å². The van der Waals surface area contributed by atoms with Crippen LogP contribution in [0.4, 0.5) is 17.6 Å². The van der Waals surface area contributed by atoms with Crippen molar-refractivity contribution in [3.8, 4) is 11.3 Å². The molecule has 1 aromatic carbocycles. The van der Waals surface area contributed by atoms with Gasteiger partial charge in [-0.1, -0.05) is 18.2 Å². The summed E-state index contributed by atoms with van der Waals surface area (Å²) >= 11 is 0. The Hall–Kier alpha value is -3.65. The van der Waals surface area contributed by atoms with Crippen LogP contribution in [-0.2, 0) is 11.2 Å². The number of H-pyrrole nitrogens is 1. The van der Waals surface area contributed by atoms with E-state index in [0.717, 1.165) is 54.0 Å². The predicted octanol–water partition coefficient (Wildman–Crippen LogP) is 3.09. The largest absolute Gasteiger partial charge is 0.385 e. The summed E-state index contributed by atoms with van der Waals surface area (Å²) in [6.07, 6.45) is 4.55. The van der Waals surface area contributed by atoms with Crippen molar-refractivity contribution in [1.29, 1.82) is 0 Å². The van der Waals surface area contributed by atoms with Crippen LogP contribution in [0.2, 0.25) is 0 Å². The molecule has 1 saturated heterocycles. The second-order valence-electron chi connectivity index (χ2n) is 7.57. The van der Waals surface area contributed by atoms with E-state index in [4.69, 9.17) is 20.4 Å². The van der Waals surface area contributed by atoms with Crippen LogP contribution in [0.5, 0.6) is 0 Å². The van der Waals surface area contributed by atoms with Crippen LogP contribution in [0.3, 0.4) is 0 Å². The van der Waals surface area contributed by atoms with Crippen molar-refractivity contribution in [2.45, 2.75) is 6.42 Å². The van der Waals surface area contributed by atoms with E-state index in [1.165, 1.54) is 5.56 Å². The molecule has 31 heavy (non-hydrogen) atoms. The average molecular weight is 416 g/mol. The van der Waals surface area contributed by atoms with Gasteiger partial charge in [0.2, 0.25) is 5.95 Å². The molecule has 1 aliphatic rings. The smallest absolute Gasteiger partial charge is 0.228 e. The monoisotopic (exact) mass is 415 g/mol. The zero-order chi connectivity index (χ0) is 21.0. The highest BCUT2D eigenvalue weighted by Gasteiger charge is 2.17. The molecule has 0 amide bonds. The van der Waals surface area contributed by atoms with Gasteiger partial charge in [-0.25, -0.2) is 4.98 Å². The molecule has 0 aliphatic carbocycles. The van der Waals surface area contributed by atoms with Crippen molar-refractivity contribution in [2.75, 3.05) is 48.8 Å². The Morgan fingerprint density at radius 2 is 2.00 bits per heavy atom. The van der Waals surface area contributed by atoms with Gasteiger partial charge in [0.1, 0.15) is 11.6 Å². The molecule has 8 heteroatoms. The number of hydrogen-bond donors (Lipinski definition) is 3. The maximum atomic E-state index is 6.01. The molecule has 0 atom stereocenters. The molecule has 0 spiro atoms. The number of anilines is 3. The third-order valence-corrected chi connectivity index (χ3v) is 5.41. The molecule has 0 saturated carbocycles. The first-order valence-corrected chi connectivity index (χ1v) is 10.5. The number of fused-ring (bicyclic) bond motifs is 1. The average Bonchev–Trinajstić information content (AvgIpc) is 3.20. The third kappa shape index (κ3) is 4.29. The van der Waals surface area contributed by atoms with Crippen molar-refractivity contribution in [1.82, 2.24) is 19.9 Å². The number of ether oxygens (including phenoxy) is 1. The van der Waals surface area contributed by atoms with Crippen molar-refractivity contribution < 1.29 is 4.74 Å². The summed E-state index contributed by atoms with van der Waals surface area (Å²) in [6, 6.07) is 14.1. The standard InChI is InChI=1S/C23H25N7O/c24-21-13-18-17(4-1-5-19(18)27-21)20-14-22(26-8-6-16-3-2-7-25-15-16)29-23(28-20)30-9-11-31-12-10-30/h1-5,7,13-15,27H,6,8-12,24H2,(H,26,28,29). The first-order chi connectivity index (χ1) is 15.3. The SMILES string of the molecule is Nc1cc2c(-c3cc(NCCc4cccnc4)nc(N4CCOCC4)n3)cccc2[nH]1. The van der Waals surface area contributed by atoms with E-state index in [-0.39, 0.29) is 0 Å². The van der Waals surface area contributed by atoms with Crippen LogP contribution in [0, 0.1) is 0 Å². The highest BCUT2D eigenvalue weighted by molar-refractivity contribution is 5.96. The minimum absolute atomic E-state index is 0.639. The zero-order valence-corrected chi connectivity index (χ0v) is 17.2. The van der Waals surface area contributed by atoms with Gasteiger partial charge < -0.3 is 25.7 Å². The van der Waals surface area contributed by atoms with Gasteiger partial charge in [-0.15, -0.1) is 0 Å². The summed E-state index contributed by atoms with van der Waals surface area (Å²) in [5.74, 6) is 2.15. The number of morpholine rings is 1. The summed E-state index contributed by atoms with van der Waals surface area (Å²) in [4.78, 5) is 19.3. The van der Waals surface area contributed by atoms with E-state index < -0.39 is 0 Å². The predicted molar refractivity (Wildman–Crippen MR) is 123 cm³/mol. The molecule has 0 bridgehead atoms. The lowest BCUT2D eigenvalue weighted by Crippen LogP contribution is -2.37. The summed E-state index contributed by atoms with van der Waals surface area (Å²) in [5.41, 5.74) is 10.1. The van der Waals surface area contributed by atoms with Gasteiger partial charge in [-0.2, -0.15) is 4.98 Å². The molecular weight excluding hydrogens is 390 g/mol. The van der Waals surface area contributed by atoms with Gasteiger partial charge in [0, 0.05) is 54.6 Å². The zero-order valence-electron chi connectivity index (χ0n) is 17.2. The number of benzene rings is 1. The molecule has 5 rings (SSSR count). The second kappa shape index (κ2) is 8.61. The number of aromatic nitrogens is 4. The van der Waals surface area contributed by atoms with Crippen molar-refractivity contribution in [3.63, 3.8) is 0 Å². The molecular formula is C23H25N7O. The van der Waals surface area contributed by atoms with E-state index in [1.54, 1.807) is 6.20 Å². The Kier molecular flexibility index (Phi) is 5.37. The molecule has 1 fully saturated rings. The fourth-order valence-corrected chi connectivity index (χ4v) is 3.85. The van der Waals surface area contributed by atoms with E-state index in [1.807, 2.05) is 36.5 Å². The molecule has 8 nitrogen and oxygen atoms in total. The maximum Gasteiger partial charge on any atom is 0.228 e. The van der Waals surface area contributed by atoms with Gasteiger partial charge >= 0.3 is 0 Å². The van der Waals surface area contributed by atoms with E-state index in [2.05, 4.69) is 32.3 Å². The third-order valence-electron chi connectivity index (χ3n) is 5.41. The summed E-state index contributed by atoms with van der Waals surface area (Å²) in [7, 11) is 0. The summed E-state index contributed by atoms with van der Waals surface area (Å²) in [6.45, 7) is 3.67. The van der Waals surface area contributed by atoms with Gasteiger partial charge in [0.15, 0.2) is 0 Å². The fourth-order valence-electron chi connectivity index (χ4n) is 3.85. The van der Waals surface area contributed by atoms with Crippen LogP contribution < -0.4 is 16.0 Å². The Balaban J connectivity index is 1.48. The number of nitrogens with two attached hydrogens (primary N) is 1. The van der Waals surface area contributed by atoms with Crippen LogP contribution in [0.1, 0.15) is 5.56 Å². The topological polar surface area (TPSA) is 105 Å². The Bertz CT molecular complexity index is 1170. The lowest BCUT2D eigenvalue weighted by Gasteiger charge is -2.27. The number of hydrogen-bond acceptors (Lipinski definition) is 7. The number of pyridine rings is 1. The van der Waals surface area contributed by atoms with E-state index in [0.29, 0.717) is 25.0 Å². The fraction of sp³-hybridized carbons (Fsp3) is 0.261. The first-order valence-electron chi connectivity index (χ1n) is 10.5. The van der Waals surface area contributed by atoms with E-state index in [9.17, 15) is 0 Å². The van der Waals surface area contributed by atoms with Crippen molar-refractivity contribution in [3.05, 3.63) is 60.4 Å². The van der Waals surface area contributed by atoms with Crippen LogP contribution in [-0.4, -0.2) is 52.8 Å². The van der Waals surface area contributed by atoms with Gasteiger partial charge in [0.25, 0.3) is 0 Å². The number of rotatable bonds is 6. The Morgan fingerprint density at radius 1 is 1.10 bits per heavy atom. The highest BCUT2D eigenvalue weighted by atomic mass is 16.5. The van der Waals surface area contributed by atoms with Gasteiger partial charge in [-0.3, -0.25) is 4.98 Å². The van der Waals surface area contributed by atoms with Crippen LogP contribution >= 0.6 is 0 Å². The highest BCUT2D eigenvalue weighted by Crippen LogP contribution is 2.31. The van der Waals surface area contributed by atoms with Crippen LogP contribution in [0.25, 0.3) is 22.2 Å². The van der Waals surface area contributed by atoms with Crippen LogP contribution in [0.15, 0.2) is 54.9 Å². The lowest BCUT2D eigenvalue weighted by atomic mass is 10.1. The lowest BCUT2D eigenvalue weighted by molar-refractivity contribution is 0.122. The maximum absolute atomic E-state index is 6.01. The van der Waals surface area contributed by atoms with Gasteiger partial charge in [0.05, 0.1) is 18.9 Å². The molecule has 0 radical (unpaired) electrons. The van der Waals surface area contributed by atoms with E-state index >= 15 is 0 Å². The normalized spacial score (nSPS) is 14.1. The molecule has 4 N–H and O–H groups in total. The van der Waals surface area contributed by atoms with Crippen molar-refractivity contribution >= 4 is 28.5 Å². The molecule has 3 aromatic heterocycles. The quantitative estimate of drug-likeness (QED) is 0.444. The number of aromatic amines is 1. The minimum atomic E-state index is 0.639. The molecule has 1 aliphatic heterocycles. The Morgan fingerprint density at radius 3 is 2.84 bits per heavy atom. The molecule has 158 valence electrons. The summed E-state index contributed by atoms with van der Waals surface area (Å²) < 4.78 is 5.50. The summed E-state index contributed by atoms with van der Waals surface area (Å²) in [5, 5.41) is 4.52. The number of nitrogen functional groups attached to an aromatic ring is 1. The number of nitrogens with zero attached hydrogens (tertiary/aromatic N) is 4. The second-order valence-corrected chi connectivity index (χ2v) is 7.57. The molecule has 4 heterocycles. The van der Waals surface area contributed by atoms with Crippen molar-refractivity contribution in [2.24, 2.45) is 0 Å². The Labute approximate surface area is 180 Å².